The Morgan fingerprint density at radius 3 is 2.61 bits per heavy atom. The smallest absolute Gasteiger partial charge is 0.305 e. The number of rotatable bonds is 11. The number of carbonyl (C=O) groups is 1. The Morgan fingerprint density at radius 1 is 1.18 bits per heavy atom. The van der Waals surface area contributed by atoms with Crippen molar-refractivity contribution in [2.75, 3.05) is 43.2 Å². The van der Waals surface area contributed by atoms with Gasteiger partial charge in [0.05, 0.1) is 36.5 Å². The Kier molecular flexibility index (Phi) is 9.60. The number of benzene rings is 1. The molecule has 1 N–H and O–H groups in total. The molecule has 2 fully saturated rings. The summed E-state index contributed by atoms with van der Waals surface area (Å²) >= 11 is 6.42. The average molecular weight is 546 g/mol. The lowest BCUT2D eigenvalue weighted by molar-refractivity contribution is -0.137. The molecule has 3 heterocycles. The Balaban J connectivity index is 1.39. The van der Waals surface area contributed by atoms with Gasteiger partial charge in [-0.2, -0.15) is 0 Å². The Labute approximate surface area is 230 Å². The zero-order valence-electron chi connectivity index (χ0n) is 22.8. The van der Waals surface area contributed by atoms with Gasteiger partial charge < -0.3 is 29.1 Å². The Bertz CT molecular complexity index is 1070. The van der Waals surface area contributed by atoms with E-state index in [2.05, 4.69) is 35.6 Å². The molecule has 0 spiro atoms. The van der Waals surface area contributed by atoms with Crippen molar-refractivity contribution in [3.8, 4) is 11.6 Å². The van der Waals surface area contributed by atoms with Crippen LogP contribution in [0.25, 0.3) is 0 Å². The molecule has 2 aliphatic rings. The standard InChI is InChI=1S/C29H40ClN3O5/c1-5-6-13-37-27-18-33(24(20(27)3)15-29(34)35)21-7-9-22(10-8-21)38-26-11-12-32(17-19(26)2)25-14-28(36-4)31-16-23(25)30/h7-10,14,16,19-20,24,26-27H,5-6,11-13,15,17-18H2,1-4H3,(H,34,35). The van der Waals surface area contributed by atoms with Crippen molar-refractivity contribution >= 4 is 28.9 Å². The van der Waals surface area contributed by atoms with Gasteiger partial charge in [0.1, 0.15) is 11.9 Å². The number of halogens is 1. The van der Waals surface area contributed by atoms with Crippen LogP contribution in [0, 0.1) is 11.8 Å². The van der Waals surface area contributed by atoms with Gasteiger partial charge in [-0.15, -0.1) is 0 Å². The summed E-state index contributed by atoms with van der Waals surface area (Å²) in [4.78, 5) is 20.2. The first-order chi connectivity index (χ1) is 18.3. The maximum Gasteiger partial charge on any atom is 0.305 e. The van der Waals surface area contributed by atoms with Crippen LogP contribution in [0.3, 0.4) is 0 Å². The summed E-state index contributed by atoms with van der Waals surface area (Å²) in [5.74, 6) is 1.01. The van der Waals surface area contributed by atoms with Crippen molar-refractivity contribution in [3.63, 3.8) is 0 Å². The molecule has 0 radical (unpaired) electrons. The lowest BCUT2D eigenvalue weighted by Crippen LogP contribution is -2.44. The van der Waals surface area contributed by atoms with Gasteiger partial charge in [0, 0.05) is 62.3 Å². The van der Waals surface area contributed by atoms with Crippen molar-refractivity contribution < 1.29 is 24.1 Å². The fourth-order valence-corrected chi connectivity index (χ4v) is 5.78. The van der Waals surface area contributed by atoms with Gasteiger partial charge >= 0.3 is 5.97 Å². The molecular formula is C29H40ClN3O5. The number of carboxylic acid groups (broad SMARTS) is 1. The van der Waals surface area contributed by atoms with Crippen LogP contribution < -0.4 is 19.3 Å². The number of hydrogen-bond acceptors (Lipinski definition) is 7. The van der Waals surface area contributed by atoms with Crippen LogP contribution in [0.15, 0.2) is 36.5 Å². The summed E-state index contributed by atoms with van der Waals surface area (Å²) in [6.07, 6.45) is 4.80. The highest BCUT2D eigenvalue weighted by Gasteiger charge is 2.41. The van der Waals surface area contributed by atoms with E-state index < -0.39 is 5.97 Å². The summed E-state index contributed by atoms with van der Waals surface area (Å²) < 4.78 is 17.8. The summed E-state index contributed by atoms with van der Waals surface area (Å²) in [5.41, 5.74) is 1.93. The summed E-state index contributed by atoms with van der Waals surface area (Å²) in [7, 11) is 1.60. The topological polar surface area (TPSA) is 84.4 Å². The number of methoxy groups -OCH3 is 1. The predicted molar refractivity (Wildman–Crippen MR) is 150 cm³/mol. The maximum absolute atomic E-state index is 11.6. The van der Waals surface area contributed by atoms with Crippen molar-refractivity contribution in [1.29, 1.82) is 0 Å². The van der Waals surface area contributed by atoms with Crippen molar-refractivity contribution in [2.45, 2.75) is 64.7 Å². The molecule has 208 valence electrons. The zero-order chi connectivity index (χ0) is 27.2. The third-order valence-corrected chi connectivity index (χ3v) is 8.12. The first-order valence-corrected chi connectivity index (χ1v) is 14.0. The van der Waals surface area contributed by atoms with Gasteiger partial charge in [-0.1, -0.05) is 38.8 Å². The van der Waals surface area contributed by atoms with Crippen LogP contribution in [-0.4, -0.2) is 67.7 Å². The lowest BCUT2D eigenvalue weighted by Gasteiger charge is -2.38. The van der Waals surface area contributed by atoms with Crippen molar-refractivity contribution in [1.82, 2.24) is 4.98 Å². The van der Waals surface area contributed by atoms with Crippen molar-refractivity contribution in [2.24, 2.45) is 11.8 Å². The van der Waals surface area contributed by atoms with E-state index in [-0.39, 0.29) is 30.6 Å². The minimum Gasteiger partial charge on any atom is -0.490 e. The normalized spacial score (nSPS) is 25.4. The fraction of sp³-hybridized carbons (Fsp3) is 0.586. The van der Waals surface area contributed by atoms with E-state index in [0.29, 0.717) is 30.0 Å². The largest absolute Gasteiger partial charge is 0.490 e. The van der Waals surface area contributed by atoms with Crippen LogP contribution >= 0.6 is 11.6 Å². The van der Waals surface area contributed by atoms with Crippen LogP contribution in [-0.2, 0) is 9.53 Å². The molecule has 38 heavy (non-hydrogen) atoms. The minimum absolute atomic E-state index is 0.0294. The number of ether oxygens (including phenoxy) is 3. The number of aromatic nitrogens is 1. The van der Waals surface area contributed by atoms with Crippen LogP contribution in [0.5, 0.6) is 11.6 Å². The summed E-state index contributed by atoms with van der Waals surface area (Å²) in [5, 5.41) is 10.1. The third-order valence-electron chi connectivity index (χ3n) is 7.83. The highest BCUT2D eigenvalue weighted by Crippen LogP contribution is 2.36. The molecule has 2 aromatic rings. The van der Waals surface area contributed by atoms with Crippen LogP contribution in [0.1, 0.15) is 46.5 Å². The molecule has 2 aliphatic heterocycles. The second kappa shape index (κ2) is 12.9. The molecule has 5 unspecified atom stereocenters. The number of aliphatic carboxylic acids is 1. The van der Waals surface area contributed by atoms with E-state index in [1.807, 2.05) is 30.3 Å². The van der Waals surface area contributed by atoms with E-state index in [0.717, 1.165) is 49.5 Å². The first kappa shape index (κ1) is 28.3. The molecule has 0 amide bonds. The predicted octanol–water partition coefficient (Wildman–Crippen LogP) is 5.52. The van der Waals surface area contributed by atoms with Gasteiger partial charge in [0.2, 0.25) is 5.88 Å². The number of piperidine rings is 1. The monoisotopic (exact) mass is 545 g/mol. The quantitative estimate of drug-likeness (QED) is 0.369. The number of unbranched alkanes of at least 4 members (excludes halogenated alkanes) is 1. The molecule has 5 atom stereocenters. The fourth-order valence-electron chi connectivity index (χ4n) is 5.56. The molecule has 8 nitrogen and oxygen atoms in total. The van der Waals surface area contributed by atoms with Crippen LogP contribution in [0.4, 0.5) is 11.4 Å². The molecule has 0 aliphatic carbocycles. The summed E-state index contributed by atoms with van der Waals surface area (Å²) in [6, 6.07) is 9.83. The van der Waals surface area contributed by atoms with Gasteiger partial charge in [-0.3, -0.25) is 4.79 Å². The van der Waals surface area contributed by atoms with E-state index in [1.54, 1.807) is 13.3 Å². The zero-order valence-corrected chi connectivity index (χ0v) is 23.6. The van der Waals surface area contributed by atoms with E-state index in [4.69, 9.17) is 25.8 Å². The molecule has 0 saturated carbocycles. The van der Waals surface area contributed by atoms with Gasteiger partial charge in [0.15, 0.2) is 0 Å². The van der Waals surface area contributed by atoms with E-state index in [1.165, 1.54) is 0 Å². The molecular weight excluding hydrogens is 506 g/mol. The second-order valence-electron chi connectivity index (χ2n) is 10.5. The molecule has 9 heteroatoms. The second-order valence-corrected chi connectivity index (χ2v) is 10.9. The number of hydrogen-bond donors (Lipinski definition) is 1. The van der Waals surface area contributed by atoms with Gasteiger partial charge in [-0.25, -0.2) is 4.98 Å². The Hall–Kier alpha value is -2.71. The molecule has 1 aromatic carbocycles. The molecule has 2 saturated heterocycles. The highest BCUT2D eigenvalue weighted by molar-refractivity contribution is 6.33. The number of anilines is 2. The summed E-state index contributed by atoms with van der Waals surface area (Å²) in [6.45, 7) is 9.48. The SMILES string of the molecule is CCCCOC1CN(c2ccc(OC3CCN(c4cc(OC)ncc4Cl)CC3C)cc2)C(CC(=O)O)C1C. The van der Waals surface area contributed by atoms with E-state index in [9.17, 15) is 9.90 Å². The average Bonchev–Trinajstić information content (AvgIpc) is 3.20. The lowest BCUT2D eigenvalue weighted by atomic mass is 9.96. The number of nitrogens with zero attached hydrogens (tertiary/aromatic N) is 3. The number of pyridine rings is 1. The maximum atomic E-state index is 11.6. The highest BCUT2D eigenvalue weighted by atomic mass is 35.5. The van der Waals surface area contributed by atoms with Gasteiger partial charge in [-0.05, 0) is 30.7 Å². The van der Waals surface area contributed by atoms with E-state index >= 15 is 0 Å². The van der Waals surface area contributed by atoms with Gasteiger partial charge in [0.25, 0.3) is 0 Å². The van der Waals surface area contributed by atoms with Crippen molar-refractivity contribution in [3.05, 3.63) is 41.6 Å². The first-order valence-electron chi connectivity index (χ1n) is 13.6. The van der Waals surface area contributed by atoms with Crippen LogP contribution in [0.2, 0.25) is 5.02 Å². The minimum atomic E-state index is -0.784. The third kappa shape index (κ3) is 6.64. The molecule has 1 aromatic heterocycles. The molecule has 0 bridgehead atoms. The molecule has 4 rings (SSSR count). The number of carboxylic acids is 1. The Morgan fingerprint density at radius 2 is 1.95 bits per heavy atom.